The van der Waals surface area contributed by atoms with Gasteiger partial charge in [-0.05, 0) is 132 Å². The number of aromatic amines is 1. The van der Waals surface area contributed by atoms with Crippen LogP contribution >= 0.6 is 0 Å². The van der Waals surface area contributed by atoms with Crippen LogP contribution in [0.2, 0.25) is 0 Å². The standard InChI is InChI=1S/C42H54N10O5/c1-26-34(20-21-35(44-26)39(54)46-33-7-6-22-52(5)25-33)29-12-8-27(9-13-29)23-36(40(55)45-32-18-16-30(17-19-32)37-48-50-51-49-37)47-38(53)31-14-10-28(11-15-31)24-43-41(56)57-42(2,3)4/h8-9,12-13,16-21,28,31,33,36H,6-7,10-11,14-15,22-25H2,1-5H3,(H,43,56)(H,45,55)(H,46,54)(H,47,53)(H,48,49,50,51)/t28?,31?,33-,36-/m0/s1. The lowest BCUT2D eigenvalue weighted by molar-refractivity contribution is -0.130. The number of nitrogens with zero attached hydrogens (tertiary/aromatic N) is 5. The number of amides is 4. The normalized spacial score (nSPS) is 19.2. The quantitative estimate of drug-likeness (QED) is 0.130. The van der Waals surface area contributed by atoms with Gasteiger partial charge in [0, 0.05) is 54.0 Å². The summed E-state index contributed by atoms with van der Waals surface area (Å²) in [5.74, 6) is -0.252. The highest BCUT2D eigenvalue weighted by Crippen LogP contribution is 2.29. The number of likely N-dealkylation sites (tertiary alicyclic amines) is 1. The van der Waals surface area contributed by atoms with Crippen LogP contribution in [0.1, 0.15) is 81.0 Å². The van der Waals surface area contributed by atoms with Crippen molar-refractivity contribution in [3.05, 3.63) is 77.6 Å². The van der Waals surface area contributed by atoms with Crippen LogP contribution in [0.25, 0.3) is 22.5 Å². The number of hydrogen-bond donors (Lipinski definition) is 5. The lowest BCUT2D eigenvalue weighted by atomic mass is 9.81. The van der Waals surface area contributed by atoms with E-state index in [1.807, 2.05) is 58.0 Å². The van der Waals surface area contributed by atoms with Gasteiger partial charge in [0.05, 0.1) is 0 Å². The summed E-state index contributed by atoms with van der Waals surface area (Å²) in [5.41, 5.74) is 4.54. The molecule has 15 nitrogen and oxygen atoms in total. The number of aryl methyl sites for hydroxylation is 1. The third-order valence-electron chi connectivity index (χ3n) is 10.5. The summed E-state index contributed by atoms with van der Waals surface area (Å²) in [5, 5.41) is 26.0. The lowest BCUT2D eigenvalue weighted by Gasteiger charge is -2.30. The molecule has 4 aromatic rings. The van der Waals surface area contributed by atoms with E-state index in [4.69, 9.17) is 4.74 Å². The highest BCUT2D eigenvalue weighted by Gasteiger charge is 2.30. The molecular formula is C42H54N10O5. The van der Waals surface area contributed by atoms with Gasteiger partial charge in [-0.1, -0.05) is 30.3 Å². The fraction of sp³-hybridized carbons (Fsp3) is 0.476. The summed E-state index contributed by atoms with van der Waals surface area (Å²) < 4.78 is 5.36. The van der Waals surface area contributed by atoms with Crippen LogP contribution in [-0.2, 0) is 20.7 Å². The van der Waals surface area contributed by atoms with E-state index in [9.17, 15) is 19.2 Å². The molecular weight excluding hydrogens is 725 g/mol. The fourth-order valence-corrected chi connectivity index (χ4v) is 7.48. The molecule has 0 radical (unpaired) electrons. The summed E-state index contributed by atoms with van der Waals surface area (Å²) >= 11 is 0. The molecule has 1 aliphatic heterocycles. The maximum Gasteiger partial charge on any atom is 0.407 e. The smallest absolute Gasteiger partial charge is 0.407 e. The van der Waals surface area contributed by atoms with Crippen molar-refractivity contribution in [2.45, 2.75) is 90.3 Å². The largest absolute Gasteiger partial charge is 0.444 e. The van der Waals surface area contributed by atoms with E-state index in [0.29, 0.717) is 36.6 Å². The Bertz CT molecular complexity index is 1990. The monoisotopic (exact) mass is 778 g/mol. The van der Waals surface area contributed by atoms with Crippen LogP contribution < -0.4 is 21.3 Å². The number of piperidine rings is 1. The SMILES string of the molecule is Cc1nc(C(=O)N[C@H]2CCCN(C)C2)ccc1-c1ccc(C[C@H](NC(=O)C2CCC(CNC(=O)OC(C)(C)C)CC2)C(=O)Nc2ccc(-c3nn[nH]n3)cc2)cc1. The number of ether oxygens (including phenoxy) is 1. The van der Waals surface area contributed by atoms with Crippen LogP contribution in [-0.4, -0.2) is 98.7 Å². The molecule has 2 aromatic carbocycles. The molecule has 15 heteroatoms. The molecule has 2 aromatic heterocycles. The molecule has 4 amide bonds. The van der Waals surface area contributed by atoms with E-state index in [-0.39, 0.29) is 42.0 Å². The van der Waals surface area contributed by atoms with E-state index in [0.717, 1.165) is 66.7 Å². The van der Waals surface area contributed by atoms with E-state index in [1.54, 1.807) is 30.3 Å². The van der Waals surface area contributed by atoms with E-state index in [1.165, 1.54) is 0 Å². The molecule has 0 spiro atoms. The number of carbonyl (C=O) groups excluding carboxylic acids is 4. The molecule has 57 heavy (non-hydrogen) atoms. The highest BCUT2D eigenvalue weighted by molar-refractivity contribution is 5.98. The number of anilines is 1. The van der Waals surface area contributed by atoms with E-state index in [2.05, 4.69) is 58.8 Å². The first-order chi connectivity index (χ1) is 27.3. The molecule has 6 rings (SSSR count). The molecule has 1 saturated heterocycles. The van der Waals surface area contributed by atoms with Gasteiger partial charge in [0.2, 0.25) is 17.6 Å². The number of nitrogens with one attached hydrogen (secondary N) is 5. The number of benzene rings is 2. The number of alkyl carbamates (subject to hydrolysis) is 1. The Morgan fingerprint density at radius 3 is 2.30 bits per heavy atom. The van der Waals surface area contributed by atoms with Crippen molar-refractivity contribution in [3.8, 4) is 22.5 Å². The van der Waals surface area contributed by atoms with Crippen LogP contribution in [0.15, 0.2) is 60.7 Å². The van der Waals surface area contributed by atoms with Gasteiger partial charge in [0.1, 0.15) is 17.3 Å². The van der Waals surface area contributed by atoms with Crippen LogP contribution in [0.5, 0.6) is 0 Å². The predicted molar refractivity (Wildman–Crippen MR) is 216 cm³/mol. The zero-order valence-corrected chi connectivity index (χ0v) is 33.4. The summed E-state index contributed by atoms with van der Waals surface area (Å²) in [6.07, 6.45) is 4.68. The van der Waals surface area contributed by atoms with Gasteiger partial charge in [0.25, 0.3) is 5.91 Å². The molecule has 2 atom stereocenters. The molecule has 0 unspecified atom stereocenters. The van der Waals surface area contributed by atoms with Crippen LogP contribution in [0.4, 0.5) is 10.5 Å². The number of H-pyrrole nitrogens is 1. The summed E-state index contributed by atoms with van der Waals surface area (Å²) in [7, 11) is 2.07. The van der Waals surface area contributed by atoms with Gasteiger partial charge in [-0.15, -0.1) is 10.2 Å². The minimum atomic E-state index is -0.850. The van der Waals surface area contributed by atoms with Crippen molar-refractivity contribution >= 4 is 29.5 Å². The molecule has 5 N–H and O–H groups in total. The number of pyridine rings is 1. The van der Waals surface area contributed by atoms with E-state index < -0.39 is 17.7 Å². The molecule has 1 aliphatic carbocycles. The maximum absolute atomic E-state index is 13.8. The number of hydrogen-bond acceptors (Lipinski definition) is 10. The Kier molecular flexibility index (Phi) is 13.3. The van der Waals surface area contributed by atoms with Crippen molar-refractivity contribution < 1.29 is 23.9 Å². The van der Waals surface area contributed by atoms with Gasteiger partial charge in [-0.2, -0.15) is 5.21 Å². The minimum Gasteiger partial charge on any atom is -0.444 e. The molecule has 2 fully saturated rings. The zero-order valence-electron chi connectivity index (χ0n) is 33.4. The number of rotatable bonds is 12. The summed E-state index contributed by atoms with van der Waals surface area (Å²) in [4.78, 5) is 59.6. The van der Waals surface area contributed by atoms with Gasteiger partial charge in [-0.25, -0.2) is 9.78 Å². The minimum absolute atomic E-state index is 0.111. The fourth-order valence-electron chi connectivity index (χ4n) is 7.48. The molecule has 0 bridgehead atoms. The Morgan fingerprint density at radius 2 is 1.65 bits per heavy atom. The zero-order chi connectivity index (χ0) is 40.5. The Balaban J connectivity index is 1.10. The van der Waals surface area contributed by atoms with Gasteiger partial charge in [-0.3, -0.25) is 14.4 Å². The maximum atomic E-state index is 13.8. The second kappa shape index (κ2) is 18.5. The van der Waals surface area contributed by atoms with E-state index >= 15 is 0 Å². The van der Waals surface area contributed by atoms with Crippen molar-refractivity contribution in [2.24, 2.45) is 11.8 Å². The average molecular weight is 779 g/mol. The van der Waals surface area contributed by atoms with Crippen LogP contribution in [0.3, 0.4) is 0 Å². The van der Waals surface area contributed by atoms with Crippen molar-refractivity contribution in [1.29, 1.82) is 0 Å². The van der Waals surface area contributed by atoms with Crippen LogP contribution in [0, 0.1) is 18.8 Å². The molecule has 3 heterocycles. The number of likely N-dealkylation sites (N-methyl/N-ethyl adjacent to an activating group) is 1. The van der Waals surface area contributed by atoms with Gasteiger partial charge in [0.15, 0.2) is 0 Å². The number of aromatic nitrogens is 5. The molecule has 2 aliphatic rings. The number of carbonyl (C=O) groups is 4. The van der Waals surface area contributed by atoms with Gasteiger partial charge >= 0.3 is 6.09 Å². The Morgan fingerprint density at radius 1 is 0.930 bits per heavy atom. The Labute approximate surface area is 333 Å². The molecule has 1 saturated carbocycles. The Hall–Kier alpha value is -5.70. The highest BCUT2D eigenvalue weighted by atomic mass is 16.6. The lowest BCUT2D eigenvalue weighted by Crippen LogP contribution is -2.48. The molecule has 302 valence electrons. The predicted octanol–water partition coefficient (Wildman–Crippen LogP) is 5.06. The summed E-state index contributed by atoms with van der Waals surface area (Å²) in [6, 6.07) is 17.9. The number of tetrazole rings is 1. The third-order valence-corrected chi connectivity index (χ3v) is 10.5. The first-order valence-electron chi connectivity index (χ1n) is 19.8. The topological polar surface area (TPSA) is 196 Å². The van der Waals surface area contributed by atoms with Crippen molar-refractivity contribution in [2.75, 3.05) is 32.0 Å². The summed E-state index contributed by atoms with van der Waals surface area (Å²) in [6.45, 7) is 9.73. The second-order valence-electron chi connectivity index (χ2n) is 16.3. The van der Waals surface area contributed by atoms with Crippen molar-refractivity contribution in [3.63, 3.8) is 0 Å². The van der Waals surface area contributed by atoms with Gasteiger partial charge < -0.3 is 30.9 Å². The van der Waals surface area contributed by atoms with Crippen molar-refractivity contribution in [1.82, 2.24) is 46.5 Å². The second-order valence-corrected chi connectivity index (χ2v) is 16.3. The first kappa shape index (κ1) is 40.9. The third kappa shape index (κ3) is 11.7. The first-order valence-corrected chi connectivity index (χ1v) is 19.8. The average Bonchev–Trinajstić information content (AvgIpc) is 3.72.